The number of rotatable bonds is 8. The molecular weight excluding hydrogens is 438 g/mol. The highest BCUT2D eigenvalue weighted by molar-refractivity contribution is 9.10. The van der Waals surface area contributed by atoms with Crippen molar-refractivity contribution in [2.24, 2.45) is 12.8 Å². The van der Waals surface area contributed by atoms with Crippen molar-refractivity contribution in [2.75, 3.05) is 13.7 Å². The van der Waals surface area contributed by atoms with Crippen LogP contribution in [0.15, 0.2) is 57.8 Å². The number of ether oxygens (including phenoxy) is 2. The summed E-state index contributed by atoms with van der Waals surface area (Å²) < 4.78 is 15.2. The molecule has 3 N–H and O–H groups in total. The Morgan fingerprint density at radius 3 is 2.55 bits per heavy atom. The van der Waals surface area contributed by atoms with E-state index in [0.717, 1.165) is 11.3 Å². The van der Waals surface area contributed by atoms with E-state index >= 15 is 0 Å². The molecule has 3 rings (SSSR count). The highest BCUT2D eigenvalue weighted by Gasteiger charge is 2.18. The number of aromatic nitrogens is 2. The number of aliphatic hydroxyl groups is 1. The Labute approximate surface area is 177 Å². The van der Waals surface area contributed by atoms with E-state index in [1.165, 1.54) is 0 Å². The molecule has 0 amide bonds. The zero-order chi connectivity index (χ0) is 21.0. The Hall–Kier alpha value is -2.55. The van der Waals surface area contributed by atoms with Crippen LogP contribution >= 0.6 is 15.9 Å². The fourth-order valence-corrected chi connectivity index (χ4v) is 3.64. The molecule has 8 heteroatoms. The lowest BCUT2D eigenvalue weighted by Crippen LogP contribution is -2.26. The number of benzene rings is 2. The maximum Gasteiger partial charge on any atom is 0.286 e. The third-order valence-electron chi connectivity index (χ3n) is 4.65. The zero-order valence-corrected chi connectivity index (χ0v) is 17.9. The minimum Gasteiger partial charge on any atom is -0.493 e. The van der Waals surface area contributed by atoms with Gasteiger partial charge < -0.3 is 20.3 Å². The summed E-state index contributed by atoms with van der Waals surface area (Å²) in [6, 6.07) is 14.6. The summed E-state index contributed by atoms with van der Waals surface area (Å²) >= 11 is 3.40. The molecule has 0 aliphatic rings. The zero-order valence-electron chi connectivity index (χ0n) is 16.3. The number of hydrogen-bond acceptors (Lipinski definition) is 5. The molecule has 1 heterocycles. The summed E-state index contributed by atoms with van der Waals surface area (Å²) in [4.78, 5) is 12.7. The van der Waals surface area contributed by atoms with Crippen molar-refractivity contribution in [3.8, 4) is 17.2 Å². The molecule has 7 nitrogen and oxygen atoms in total. The number of aliphatic hydroxyl groups excluding tert-OH is 1. The first-order valence-electron chi connectivity index (χ1n) is 9.14. The SMILES string of the molecule is COc1cc(CC(N)CO)ccc1OCc1c(Br)c(=O)n(-c2ccccc2)n1C. The number of methoxy groups -OCH3 is 1. The minimum atomic E-state index is -0.324. The van der Waals surface area contributed by atoms with Gasteiger partial charge in [-0.05, 0) is 52.2 Å². The van der Waals surface area contributed by atoms with Crippen LogP contribution in [0.2, 0.25) is 0 Å². The van der Waals surface area contributed by atoms with Gasteiger partial charge in [0.2, 0.25) is 0 Å². The number of nitrogens with two attached hydrogens (primary N) is 1. The Balaban J connectivity index is 1.84. The van der Waals surface area contributed by atoms with Crippen LogP contribution in [-0.2, 0) is 20.1 Å². The molecule has 1 unspecified atom stereocenters. The lowest BCUT2D eigenvalue weighted by atomic mass is 10.1. The second-order valence-electron chi connectivity index (χ2n) is 6.66. The molecule has 0 fully saturated rings. The summed E-state index contributed by atoms with van der Waals surface area (Å²) in [7, 11) is 3.38. The van der Waals surface area contributed by atoms with Crippen molar-refractivity contribution in [1.82, 2.24) is 9.36 Å². The second-order valence-corrected chi connectivity index (χ2v) is 7.45. The van der Waals surface area contributed by atoms with Crippen molar-refractivity contribution in [2.45, 2.75) is 19.1 Å². The predicted octanol–water partition coefficient (Wildman–Crippen LogP) is 2.39. The van der Waals surface area contributed by atoms with Gasteiger partial charge in [0.25, 0.3) is 5.56 Å². The van der Waals surface area contributed by atoms with Gasteiger partial charge in [-0.1, -0.05) is 24.3 Å². The molecule has 0 aliphatic carbocycles. The molecular formula is C21H24BrN3O4. The van der Waals surface area contributed by atoms with E-state index in [4.69, 9.17) is 20.3 Å². The van der Waals surface area contributed by atoms with Gasteiger partial charge in [-0.3, -0.25) is 9.48 Å². The monoisotopic (exact) mass is 461 g/mol. The largest absolute Gasteiger partial charge is 0.493 e. The third-order valence-corrected chi connectivity index (χ3v) is 5.45. The van der Waals surface area contributed by atoms with Crippen LogP contribution in [0.5, 0.6) is 11.5 Å². The van der Waals surface area contributed by atoms with Gasteiger partial charge in [-0.25, -0.2) is 4.68 Å². The third kappa shape index (κ3) is 4.55. The van der Waals surface area contributed by atoms with E-state index in [1.807, 2.05) is 49.5 Å². The molecule has 0 radical (unpaired) electrons. The Morgan fingerprint density at radius 1 is 1.17 bits per heavy atom. The molecule has 1 atom stereocenters. The molecule has 0 spiro atoms. The Kier molecular flexibility index (Phi) is 6.79. The van der Waals surface area contributed by atoms with E-state index in [0.29, 0.717) is 28.1 Å². The average molecular weight is 462 g/mol. The summed E-state index contributed by atoms with van der Waals surface area (Å²) in [6.07, 6.45) is 0.535. The maximum atomic E-state index is 12.7. The summed E-state index contributed by atoms with van der Waals surface area (Å²) in [5.74, 6) is 1.12. The van der Waals surface area contributed by atoms with Gasteiger partial charge >= 0.3 is 0 Å². The van der Waals surface area contributed by atoms with Crippen molar-refractivity contribution in [3.05, 3.63) is 74.6 Å². The van der Waals surface area contributed by atoms with Crippen molar-refractivity contribution >= 4 is 15.9 Å². The first-order chi connectivity index (χ1) is 14.0. The lowest BCUT2D eigenvalue weighted by Gasteiger charge is -2.15. The van der Waals surface area contributed by atoms with Crippen LogP contribution in [0.1, 0.15) is 11.3 Å². The van der Waals surface area contributed by atoms with Crippen LogP contribution in [-0.4, -0.2) is 34.2 Å². The van der Waals surface area contributed by atoms with Gasteiger partial charge in [-0.15, -0.1) is 0 Å². The van der Waals surface area contributed by atoms with E-state index in [9.17, 15) is 4.79 Å². The molecule has 3 aromatic rings. The van der Waals surface area contributed by atoms with E-state index < -0.39 is 0 Å². The summed E-state index contributed by atoms with van der Waals surface area (Å²) in [5.41, 5.74) is 8.07. The highest BCUT2D eigenvalue weighted by atomic mass is 79.9. The normalized spacial score (nSPS) is 12.0. The lowest BCUT2D eigenvalue weighted by molar-refractivity contribution is 0.264. The molecule has 29 heavy (non-hydrogen) atoms. The summed E-state index contributed by atoms with van der Waals surface area (Å²) in [5, 5.41) is 9.13. The van der Waals surface area contributed by atoms with Gasteiger partial charge in [0.05, 0.1) is 25.1 Å². The molecule has 0 saturated carbocycles. The van der Waals surface area contributed by atoms with Crippen LogP contribution in [0.25, 0.3) is 5.69 Å². The quantitative estimate of drug-likeness (QED) is 0.537. The molecule has 0 aliphatic heterocycles. The van der Waals surface area contributed by atoms with Crippen molar-refractivity contribution < 1.29 is 14.6 Å². The van der Waals surface area contributed by atoms with Crippen LogP contribution in [0, 0.1) is 0 Å². The Morgan fingerprint density at radius 2 is 1.90 bits per heavy atom. The smallest absolute Gasteiger partial charge is 0.286 e. The summed E-state index contributed by atoms with van der Waals surface area (Å²) in [6.45, 7) is 0.0963. The van der Waals surface area contributed by atoms with Gasteiger partial charge in [0.15, 0.2) is 11.5 Å². The molecule has 2 aromatic carbocycles. The molecule has 1 aromatic heterocycles. The number of hydrogen-bond donors (Lipinski definition) is 2. The van der Waals surface area contributed by atoms with Crippen molar-refractivity contribution in [1.29, 1.82) is 0 Å². The highest BCUT2D eigenvalue weighted by Crippen LogP contribution is 2.30. The predicted molar refractivity (Wildman–Crippen MR) is 115 cm³/mol. The van der Waals surface area contributed by atoms with E-state index in [2.05, 4.69) is 15.9 Å². The van der Waals surface area contributed by atoms with E-state index in [-0.39, 0.29) is 24.8 Å². The van der Waals surface area contributed by atoms with E-state index in [1.54, 1.807) is 22.5 Å². The molecule has 0 bridgehead atoms. The maximum absolute atomic E-state index is 12.7. The van der Waals surface area contributed by atoms with Crippen LogP contribution in [0.3, 0.4) is 0 Å². The fraction of sp³-hybridized carbons (Fsp3) is 0.286. The minimum absolute atomic E-state index is 0.0823. The average Bonchev–Trinajstić information content (AvgIpc) is 2.95. The van der Waals surface area contributed by atoms with Gasteiger partial charge in [-0.2, -0.15) is 0 Å². The van der Waals surface area contributed by atoms with Gasteiger partial charge in [0.1, 0.15) is 11.1 Å². The molecule has 154 valence electrons. The second kappa shape index (κ2) is 9.30. The first kappa shape index (κ1) is 21.2. The number of halogens is 1. The number of nitrogens with zero attached hydrogens (tertiary/aromatic N) is 2. The first-order valence-corrected chi connectivity index (χ1v) is 9.93. The fourth-order valence-electron chi connectivity index (χ4n) is 3.10. The Bertz CT molecular complexity index is 1030. The standard InChI is InChI=1S/C21H24BrN3O4/c1-24-17(20(22)21(27)25(24)16-6-4-3-5-7-16)13-29-18-9-8-14(10-15(23)12-26)11-19(18)28-2/h3-9,11,15,26H,10,12-13,23H2,1-2H3. The van der Waals surface area contributed by atoms with Crippen LogP contribution in [0.4, 0.5) is 0 Å². The van der Waals surface area contributed by atoms with Gasteiger partial charge in [0, 0.05) is 13.1 Å². The topological polar surface area (TPSA) is 91.6 Å². The van der Waals surface area contributed by atoms with Crippen LogP contribution < -0.4 is 20.8 Å². The number of para-hydroxylation sites is 1. The molecule has 0 saturated heterocycles. The van der Waals surface area contributed by atoms with Crippen molar-refractivity contribution in [3.63, 3.8) is 0 Å².